The van der Waals surface area contributed by atoms with Gasteiger partial charge in [0.15, 0.2) is 0 Å². The van der Waals surface area contributed by atoms with E-state index in [0.29, 0.717) is 5.69 Å². The molecule has 0 aliphatic heterocycles. The Morgan fingerprint density at radius 2 is 1.55 bits per heavy atom. The quantitative estimate of drug-likeness (QED) is 0.386. The van der Waals surface area contributed by atoms with Crippen molar-refractivity contribution in [3.63, 3.8) is 0 Å². The molecule has 102 valence electrons. The number of hydrogen-bond donors (Lipinski definition) is 1. The number of phosphoric ester groups is 1. The predicted molar refractivity (Wildman–Crippen MR) is 72.8 cm³/mol. The van der Waals surface area contributed by atoms with Crippen molar-refractivity contribution < 1.29 is 18.5 Å². The Kier molecular flexibility index (Phi) is 4.27. The van der Waals surface area contributed by atoms with Gasteiger partial charge in [-0.2, -0.15) is 0 Å². The highest BCUT2D eigenvalue weighted by Gasteiger charge is 2.24. The van der Waals surface area contributed by atoms with Crippen LogP contribution in [0.3, 0.4) is 0 Å². The van der Waals surface area contributed by atoms with E-state index in [2.05, 4.69) is 10.0 Å². The van der Waals surface area contributed by atoms with Crippen molar-refractivity contribution in [2.24, 2.45) is 5.11 Å². The molecule has 0 amide bonds. The van der Waals surface area contributed by atoms with Gasteiger partial charge in [0.25, 0.3) is 0 Å². The number of rotatable bonds is 5. The van der Waals surface area contributed by atoms with Gasteiger partial charge in [0.1, 0.15) is 11.5 Å². The van der Waals surface area contributed by atoms with Crippen molar-refractivity contribution in [2.75, 3.05) is 0 Å². The molecule has 8 heteroatoms. The van der Waals surface area contributed by atoms with Crippen LogP contribution in [0.5, 0.6) is 11.5 Å². The van der Waals surface area contributed by atoms with Gasteiger partial charge in [0, 0.05) is 10.6 Å². The lowest BCUT2D eigenvalue weighted by molar-refractivity contribution is 0.291. The van der Waals surface area contributed by atoms with E-state index in [0.717, 1.165) is 0 Å². The van der Waals surface area contributed by atoms with Crippen LogP contribution in [-0.4, -0.2) is 4.89 Å². The molecule has 0 aromatic heterocycles. The van der Waals surface area contributed by atoms with Crippen LogP contribution < -0.4 is 9.05 Å². The zero-order valence-electron chi connectivity index (χ0n) is 10.2. The second kappa shape index (κ2) is 6.12. The second-order valence-electron chi connectivity index (χ2n) is 3.65. The molecule has 0 heterocycles. The largest absolute Gasteiger partial charge is 0.584 e. The smallest absolute Gasteiger partial charge is 0.395 e. The minimum absolute atomic E-state index is 0.128. The average Bonchev–Trinajstić information content (AvgIpc) is 2.41. The van der Waals surface area contributed by atoms with Gasteiger partial charge >= 0.3 is 7.82 Å². The number of para-hydroxylation sites is 1. The summed E-state index contributed by atoms with van der Waals surface area (Å²) in [6, 6.07) is 13.9. The second-order valence-corrected chi connectivity index (χ2v) is 4.95. The average molecular weight is 291 g/mol. The van der Waals surface area contributed by atoms with Crippen molar-refractivity contribution in [1.82, 2.24) is 0 Å². The first-order valence-corrected chi connectivity index (χ1v) is 7.01. The van der Waals surface area contributed by atoms with Crippen LogP contribution in [0.4, 0.5) is 5.69 Å². The molecule has 1 unspecified atom stereocenters. The van der Waals surface area contributed by atoms with Crippen LogP contribution in [-0.2, 0) is 4.57 Å². The Bertz CT molecular complexity index is 669. The molecule has 0 fully saturated rings. The molecule has 2 rings (SSSR count). The number of phosphoric acid groups is 1. The SMILES string of the molecule is [N-]=[N+]=Nc1ccc(OP(=O)(O)Oc2ccccc2)cc1. The zero-order valence-corrected chi connectivity index (χ0v) is 11.1. The van der Waals surface area contributed by atoms with Crippen LogP contribution in [0.1, 0.15) is 0 Å². The minimum atomic E-state index is -4.27. The van der Waals surface area contributed by atoms with Crippen molar-refractivity contribution in [3.05, 3.63) is 65.0 Å². The van der Waals surface area contributed by atoms with E-state index in [1.807, 2.05) is 0 Å². The summed E-state index contributed by atoms with van der Waals surface area (Å²) in [5.74, 6) is 0.354. The van der Waals surface area contributed by atoms with E-state index in [1.54, 1.807) is 18.2 Å². The maximum Gasteiger partial charge on any atom is 0.584 e. The normalized spacial score (nSPS) is 12.8. The van der Waals surface area contributed by atoms with E-state index in [9.17, 15) is 9.46 Å². The molecule has 7 nitrogen and oxygen atoms in total. The summed E-state index contributed by atoms with van der Waals surface area (Å²) >= 11 is 0. The Balaban J connectivity index is 2.07. The molecule has 0 saturated heterocycles. The highest BCUT2D eigenvalue weighted by molar-refractivity contribution is 7.48. The summed E-state index contributed by atoms with van der Waals surface area (Å²) < 4.78 is 21.6. The fourth-order valence-corrected chi connectivity index (χ4v) is 2.21. The van der Waals surface area contributed by atoms with Crippen molar-refractivity contribution in [3.8, 4) is 11.5 Å². The van der Waals surface area contributed by atoms with E-state index in [-0.39, 0.29) is 11.5 Å². The Labute approximate surface area is 114 Å². The van der Waals surface area contributed by atoms with Gasteiger partial charge in [-0.3, -0.25) is 4.89 Å². The maximum atomic E-state index is 11.8. The summed E-state index contributed by atoms with van der Waals surface area (Å²) in [6.07, 6.45) is 0. The molecule has 2 aromatic rings. The van der Waals surface area contributed by atoms with Gasteiger partial charge in [-0.1, -0.05) is 23.3 Å². The lowest BCUT2D eigenvalue weighted by Gasteiger charge is -2.13. The molecule has 0 radical (unpaired) electrons. The number of nitrogens with zero attached hydrogens (tertiary/aromatic N) is 3. The van der Waals surface area contributed by atoms with E-state index in [4.69, 9.17) is 14.6 Å². The first kappa shape index (κ1) is 14.0. The molecule has 0 aliphatic rings. The lowest BCUT2D eigenvalue weighted by atomic mass is 10.3. The van der Waals surface area contributed by atoms with Gasteiger partial charge in [-0.15, -0.1) is 0 Å². The van der Waals surface area contributed by atoms with Gasteiger partial charge in [-0.25, -0.2) is 4.57 Å². The van der Waals surface area contributed by atoms with E-state index >= 15 is 0 Å². The molecule has 2 aromatic carbocycles. The summed E-state index contributed by atoms with van der Waals surface area (Å²) in [4.78, 5) is 12.2. The first-order chi connectivity index (χ1) is 9.59. The highest BCUT2D eigenvalue weighted by Crippen LogP contribution is 2.44. The van der Waals surface area contributed by atoms with E-state index < -0.39 is 7.82 Å². The summed E-state index contributed by atoms with van der Waals surface area (Å²) in [5.41, 5.74) is 8.63. The molecule has 1 N–H and O–H groups in total. The standard InChI is InChI=1S/C12H10N3O4P/c13-15-14-10-6-8-12(9-7-10)19-20(16,17)18-11-4-2-1-3-5-11/h1-9H,(H,16,17). The predicted octanol–water partition coefficient (Wildman–Crippen LogP) is 4.19. The van der Waals surface area contributed by atoms with Crippen molar-refractivity contribution in [2.45, 2.75) is 0 Å². The summed E-state index contributed by atoms with van der Waals surface area (Å²) in [7, 11) is -4.27. The molecule has 0 saturated carbocycles. The number of azide groups is 1. The van der Waals surface area contributed by atoms with Gasteiger partial charge < -0.3 is 9.05 Å². The Hall–Kier alpha value is -2.46. The molecule has 0 spiro atoms. The molecule has 0 bridgehead atoms. The third kappa shape index (κ3) is 4.03. The van der Waals surface area contributed by atoms with Crippen LogP contribution in [0.2, 0.25) is 0 Å². The zero-order chi connectivity index (χ0) is 14.4. The van der Waals surface area contributed by atoms with Gasteiger partial charge in [-0.05, 0) is 41.9 Å². The van der Waals surface area contributed by atoms with Crippen LogP contribution in [0, 0.1) is 0 Å². The maximum absolute atomic E-state index is 11.8. The van der Waals surface area contributed by atoms with Crippen LogP contribution in [0.15, 0.2) is 59.7 Å². The number of hydrogen-bond acceptors (Lipinski definition) is 4. The fourth-order valence-electron chi connectivity index (χ4n) is 1.39. The monoisotopic (exact) mass is 291 g/mol. The van der Waals surface area contributed by atoms with Crippen molar-refractivity contribution in [1.29, 1.82) is 0 Å². The highest BCUT2D eigenvalue weighted by atomic mass is 31.2. The molecular formula is C12H10N3O4P. The van der Waals surface area contributed by atoms with Crippen LogP contribution >= 0.6 is 7.82 Å². The van der Waals surface area contributed by atoms with Gasteiger partial charge in [0.2, 0.25) is 0 Å². The third-order valence-electron chi connectivity index (χ3n) is 2.18. The topological polar surface area (TPSA) is 105 Å². The van der Waals surface area contributed by atoms with Gasteiger partial charge in [0.05, 0.1) is 0 Å². The third-order valence-corrected chi connectivity index (χ3v) is 3.06. The molecule has 1 atom stereocenters. The molecular weight excluding hydrogens is 281 g/mol. The van der Waals surface area contributed by atoms with Crippen LogP contribution in [0.25, 0.3) is 10.4 Å². The number of benzene rings is 2. The Morgan fingerprint density at radius 3 is 2.10 bits per heavy atom. The van der Waals surface area contributed by atoms with E-state index in [1.165, 1.54) is 36.4 Å². The lowest BCUT2D eigenvalue weighted by Crippen LogP contribution is -1.99. The molecule has 0 aliphatic carbocycles. The first-order valence-electron chi connectivity index (χ1n) is 5.51. The summed E-state index contributed by atoms with van der Waals surface area (Å²) in [5, 5.41) is 3.37. The molecule has 20 heavy (non-hydrogen) atoms. The summed E-state index contributed by atoms with van der Waals surface area (Å²) in [6.45, 7) is 0. The minimum Gasteiger partial charge on any atom is -0.395 e. The Morgan fingerprint density at radius 1 is 1.00 bits per heavy atom. The fraction of sp³-hybridized carbons (Fsp3) is 0. The van der Waals surface area contributed by atoms with Crippen molar-refractivity contribution >= 4 is 13.5 Å².